The van der Waals surface area contributed by atoms with E-state index in [1.165, 1.54) is 11.1 Å². The average molecular weight is 369 g/mol. The van der Waals surface area contributed by atoms with Crippen LogP contribution in [0.1, 0.15) is 37.9 Å². The highest BCUT2D eigenvalue weighted by atomic mass is 35.5. The molecule has 0 bridgehead atoms. The summed E-state index contributed by atoms with van der Waals surface area (Å²) in [4.78, 5) is 2.49. The molecule has 1 aromatic heterocycles. The van der Waals surface area contributed by atoms with Crippen LogP contribution in [0.5, 0.6) is 0 Å². The maximum Gasteiger partial charge on any atom is 0.0543 e. The summed E-state index contributed by atoms with van der Waals surface area (Å²) in [5.74, 6) is 0. The molecule has 0 saturated carbocycles. The van der Waals surface area contributed by atoms with Crippen molar-refractivity contribution >= 4 is 24.0 Å². The van der Waals surface area contributed by atoms with Gasteiger partial charge in [-0.2, -0.15) is 5.10 Å². The van der Waals surface area contributed by atoms with Crippen LogP contribution in [-0.4, -0.2) is 34.3 Å². The summed E-state index contributed by atoms with van der Waals surface area (Å²) in [6, 6.07) is 8.45. The van der Waals surface area contributed by atoms with Gasteiger partial charge in [0.2, 0.25) is 0 Å². The first-order valence-electron chi connectivity index (χ1n) is 8.18. The van der Waals surface area contributed by atoms with E-state index in [-0.39, 0.29) is 17.9 Å². The molecule has 2 heterocycles. The van der Waals surface area contributed by atoms with Crippen molar-refractivity contribution in [2.45, 2.75) is 38.9 Å². The summed E-state index contributed by atoms with van der Waals surface area (Å²) in [7, 11) is 0. The second-order valence-corrected chi connectivity index (χ2v) is 7.58. The van der Waals surface area contributed by atoms with E-state index < -0.39 is 0 Å². The molecule has 1 aliphatic rings. The Labute approximate surface area is 155 Å². The molecule has 0 spiro atoms. The Morgan fingerprint density at radius 1 is 1.29 bits per heavy atom. The molecule has 1 aliphatic heterocycles. The summed E-state index contributed by atoms with van der Waals surface area (Å²) in [6.07, 6.45) is 4.14. The monoisotopic (exact) mass is 368 g/mol. The van der Waals surface area contributed by atoms with E-state index >= 15 is 0 Å². The highest BCUT2D eigenvalue weighted by molar-refractivity contribution is 6.31. The number of nitrogens with zero attached hydrogens (tertiary/aromatic N) is 3. The van der Waals surface area contributed by atoms with Gasteiger partial charge in [0.1, 0.15) is 0 Å². The number of benzene rings is 1. The fourth-order valence-corrected chi connectivity index (χ4v) is 3.29. The zero-order chi connectivity index (χ0) is 16.4. The van der Waals surface area contributed by atoms with Gasteiger partial charge in [-0.3, -0.25) is 9.58 Å². The molecule has 1 N–H and O–H groups in total. The lowest BCUT2D eigenvalue weighted by atomic mass is 10.0. The molecule has 0 radical (unpaired) electrons. The zero-order valence-corrected chi connectivity index (χ0v) is 16.1. The molecule has 1 fully saturated rings. The summed E-state index contributed by atoms with van der Waals surface area (Å²) in [5, 5.41) is 8.85. The molecular weight excluding hydrogens is 343 g/mol. The maximum atomic E-state index is 6.42. The Bertz CT molecular complexity index is 663. The highest BCUT2D eigenvalue weighted by Crippen LogP contribution is 2.29. The van der Waals surface area contributed by atoms with Crippen molar-refractivity contribution < 1.29 is 0 Å². The number of rotatable bonds is 3. The number of aromatic nitrogens is 2. The Morgan fingerprint density at radius 3 is 2.71 bits per heavy atom. The Balaban J connectivity index is 0.00000208. The number of hydrogen-bond acceptors (Lipinski definition) is 3. The molecule has 6 heteroatoms. The quantitative estimate of drug-likeness (QED) is 0.892. The Kier molecular flexibility index (Phi) is 6.32. The standard InChI is InChI=1S/C18H25ClN4.ClH/c1-18(2,3)23-13-14(10-21-23)12-22-9-8-20-11-17(22)15-6-4-5-7-16(15)19;/h4-7,10,13,17,20H,8-9,11-12H2,1-3H3;1H. The minimum atomic E-state index is 0. The third-order valence-electron chi connectivity index (χ3n) is 4.33. The van der Waals surface area contributed by atoms with Crippen molar-refractivity contribution in [1.82, 2.24) is 20.0 Å². The molecule has 4 nitrogen and oxygen atoms in total. The summed E-state index contributed by atoms with van der Waals surface area (Å²) < 4.78 is 2.04. The molecule has 0 aliphatic carbocycles. The largest absolute Gasteiger partial charge is 0.314 e. The van der Waals surface area contributed by atoms with Crippen LogP contribution in [0.4, 0.5) is 0 Å². The molecule has 3 rings (SSSR count). The molecule has 2 aromatic rings. The van der Waals surface area contributed by atoms with E-state index in [0.717, 1.165) is 31.2 Å². The number of nitrogens with one attached hydrogen (secondary N) is 1. The van der Waals surface area contributed by atoms with Crippen molar-refractivity contribution in [1.29, 1.82) is 0 Å². The van der Waals surface area contributed by atoms with Gasteiger partial charge in [-0.25, -0.2) is 0 Å². The molecule has 132 valence electrons. The van der Waals surface area contributed by atoms with Crippen LogP contribution in [-0.2, 0) is 12.1 Å². The normalized spacial score (nSPS) is 19.1. The van der Waals surface area contributed by atoms with Crippen molar-refractivity contribution in [3.05, 3.63) is 52.8 Å². The first-order valence-corrected chi connectivity index (χ1v) is 8.56. The lowest BCUT2D eigenvalue weighted by Crippen LogP contribution is -2.45. The van der Waals surface area contributed by atoms with Gasteiger partial charge in [-0.15, -0.1) is 12.4 Å². The van der Waals surface area contributed by atoms with Gasteiger partial charge in [-0.05, 0) is 32.4 Å². The Morgan fingerprint density at radius 2 is 2.04 bits per heavy atom. The highest BCUT2D eigenvalue weighted by Gasteiger charge is 2.26. The average Bonchev–Trinajstić information content (AvgIpc) is 2.97. The first-order chi connectivity index (χ1) is 10.9. The van der Waals surface area contributed by atoms with Crippen molar-refractivity contribution in [3.8, 4) is 0 Å². The number of halogens is 2. The summed E-state index contributed by atoms with van der Waals surface area (Å²) in [5.41, 5.74) is 2.47. The molecule has 1 saturated heterocycles. The molecule has 1 aromatic carbocycles. The van der Waals surface area contributed by atoms with Gasteiger partial charge in [0.15, 0.2) is 0 Å². The third-order valence-corrected chi connectivity index (χ3v) is 4.67. The second-order valence-electron chi connectivity index (χ2n) is 7.18. The minimum absolute atomic E-state index is 0. The fraction of sp³-hybridized carbons (Fsp3) is 0.500. The van der Waals surface area contributed by atoms with Crippen LogP contribution >= 0.6 is 24.0 Å². The van der Waals surface area contributed by atoms with Crippen LogP contribution in [0.2, 0.25) is 5.02 Å². The third kappa shape index (κ3) is 4.31. The SMILES string of the molecule is CC(C)(C)n1cc(CN2CCNCC2c2ccccc2Cl)cn1.Cl. The van der Waals surface area contributed by atoms with Gasteiger partial charge in [0.05, 0.1) is 11.7 Å². The lowest BCUT2D eigenvalue weighted by Gasteiger charge is -2.36. The van der Waals surface area contributed by atoms with E-state index in [1.54, 1.807) is 0 Å². The van der Waals surface area contributed by atoms with Gasteiger partial charge in [0, 0.05) is 49.0 Å². The smallest absolute Gasteiger partial charge is 0.0543 e. The predicted molar refractivity (Wildman–Crippen MR) is 102 cm³/mol. The Hall–Kier alpha value is -1.07. The van der Waals surface area contributed by atoms with Crippen LogP contribution in [0.3, 0.4) is 0 Å². The van der Waals surface area contributed by atoms with Crippen LogP contribution in [0.25, 0.3) is 0 Å². The van der Waals surface area contributed by atoms with E-state index in [9.17, 15) is 0 Å². The molecule has 1 atom stereocenters. The predicted octanol–water partition coefficient (Wildman–Crippen LogP) is 3.86. The van der Waals surface area contributed by atoms with Gasteiger partial charge >= 0.3 is 0 Å². The van der Waals surface area contributed by atoms with Gasteiger partial charge in [0.25, 0.3) is 0 Å². The van der Waals surface area contributed by atoms with Crippen molar-refractivity contribution in [3.63, 3.8) is 0 Å². The van der Waals surface area contributed by atoms with E-state index in [2.05, 4.69) is 54.4 Å². The van der Waals surface area contributed by atoms with E-state index in [1.807, 2.05) is 23.0 Å². The number of hydrogen-bond donors (Lipinski definition) is 1. The summed E-state index contributed by atoms with van der Waals surface area (Å²) in [6.45, 7) is 10.3. The first kappa shape index (κ1) is 19.3. The topological polar surface area (TPSA) is 33.1 Å². The minimum Gasteiger partial charge on any atom is -0.314 e. The summed E-state index contributed by atoms with van der Waals surface area (Å²) >= 11 is 6.42. The maximum absolute atomic E-state index is 6.42. The lowest BCUT2D eigenvalue weighted by molar-refractivity contribution is 0.153. The second kappa shape index (κ2) is 7.87. The van der Waals surface area contributed by atoms with Gasteiger partial charge < -0.3 is 5.32 Å². The number of piperazine rings is 1. The van der Waals surface area contributed by atoms with Gasteiger partial charge in [-0.1, -0.05) is 29.8 Å². The van der Waals surface area contributed by atoms with Crippen LogP contribution < -0.4 is 5.32 Å². The van der Waals surface area contributed by atoms with E-state index in [4.69, 9.17) is 11.6 Å². The molecular formula is C18H26Cl2N4. The zero-order valence-electron chi connectivity index (χ0n) is 14.5. The molecule has 1 unspecified atom stereocenters. The van der Waals surface area contributed by atoms with Crippen molar-refractivity contribution in [2.24, 2.45) is 0 Å². The van der Waals surface area contributed by atoms with Crippen LogP contribution in [0.15, 0.2) is 36.7 Å². The molecule has 0 amide bonds. The van der Waals surface area contributed by atoms with Crippen LogP contribution in [0, 0.1) is 0 Å². The fourth-order valence-electron chi connectivity index (χ4n) is 3.03. The van der Waals surface area contributed by atoms with Crippen molar-refractivity contribution in [2.75, 3.05) is 19.6 Å². The van der Waals surface area contributed by atoms with E-state index in [0.29, 0.717) is 6.04 Å². The molecule has 24 heavy (non-hydrogen) atoms.